The van der Waals surface area contributed by atoms with Crippen LogP contribution in [0.5, 0.6) is 0 Å². The number of likely N-dealkylation sites (N-methyl/N-ethyl adjacent to an activating group) is 1. The number of hydrogen-bond donors (Lipinski definition) is 1. The fourth-order valence-electron chi connectivity index (χ4n) is 3.46. The molecule has 1 amide bonds. The molecular formula is C19H22Cl2N2O4S. The minimum atomic E-state index is -3.82. The van der Waals surface area contributed by atoms with Crippen molar-refractivity contribution < 1.29 is 17.6 Å². The summed E-state index contributed by atoms with van der Waals surface area (Å²) in [5, 5.41) is 2.97. The Morgan fingerprint density at radius 1 is 1.25 bits per heavy atom. The van der Waals surface area contributed by atoms with Crippen molar-refractivity contribution >= 4 is 38.9 Å². The Bertz CT molecular complexity index is 938. The van der Waals surface area contributed by atoms with Crippen LogP contribution >= 0.6 is 23.2 Å². The van der Waals surface area contributed by atoms with Crippen LogP contribution in [0.1, 0.15) is 36.1 Å². The van der Waals surface area contributed by atoms with E-state index in [1.54, 1.807) is 6.07 Å². The van der Waals surface area contributed by atoms with E-state index in [-0.39, 0.29) is 32.4 Å². The number of likely N-dealkylation sites (tertiary alicyclic amines) is 1. The average Bonchev–Trinajstić information content (AvgIpc) is 3.27. The maximum Gasteiger partial charge on any atom is 0.287 e. The second-order valence-corrected chi connectivity index (χ2v) is 9.45. The van der Waals surface area contributed by atoms with Crippen molar-refractivity contribution in [3.63, 3.8) is 0 Å². The van der Waals surface area contributed by atoms with E-state index in [1.165, 1.54) is 24.3 Å². The van der Waals surface area contributed by atoms with Gasteiger partial charge >= 0.3 is 0 Å². The largest absolute Gasteiger partial charge is 0.455 e. The Morgan fingerprint density at radius 3 is 2.64 bits per heavy atom. The van der Waals surface area contributed by atoms with Crippen molar-refractivity contribution in [3.05, 3.63) is 51.9 Å². The summed E-state index contributed by atoms with van der Waals surface area (Å²) in [4.78, 5) is 14.5. The van der Waals surface area contributed by atoms with E-state index in [2.05, 4.69) is 17.1 Å². The van der Waals surface area contributed by atoms with E-state index in [9.17, 15) is 13.2 Å². The third kappa shape index (κ3) is 4.71. The van der Waals surface area contributed by atoms with E-state index >= 15 is 0 Å². The van der Waals surface area contributed by atoms with Crippen LogP contribution in [0.25, 0.3) is 0 Å². The highest BCUT2D eigenvalue weighted by molar-refractivity contribution is 7.90. The quantitative estimate of drug-likeness (QED) is 0.702. The van der Waals surface area contributed by atoms with Crippen LogP contribution < -0.4 is 5.32 Å². The second kappa shape index (κ2) is 8.86. The topological polar surface area (TPSA) is 79.6 Å². The number of nitrogens with one attached hydrogen (secondary N) is 1. The number of amides is 1. The lowest BCUT2D eigenvalue weighted by Gasteiger charge is -2.22. The predicted octanol–water partition coefficient (Wildman–Crippen LogP) is 3.77. The van der Waals surface area contributed by atoms with Crippen LogP contribution in [0.4, 0.5) is 0 Å². The van der Waals surface area contributed by atoms with Gasteiger partial charge < -0.3 is 9.73 Å². The minimum absolute atomic E-state index is 0.0501. The summed E-state index contributed by atoms with van der Waals surface area (Å²) in [5.74, 6) is -0.563. The van der Waals surface area contributed by atoms with Crippen LogP contribution in [0.2, 0.25) is 10.0 Å². The molecule has 0 spiro atoms. The van der Waals surface area contributed by atoms with Gasteiger partial charge in [0.05, 0.1) is 10.0 Å². The number of sulfone groups is 1. The lowest BCUT2D eigenvalue weighted by molar-refractivity contribution is 0.0912. The fraction of sp³-hybridized carbons (Fsp3) is 0.421. The van der Waals surface area contributed by atoms with Gasteiger partial charge in [-0.3, -0.25) is 9.69 Å². The molecule has 2 aromatic rings. The van der Waals surface area contributed by atoms with Crippen molar-refractivity contribution in [2.45, 2.75) is 36.5 Å². The van der Waals surface area contributed by atoms with Gasteiger partial charge in [0.1, 0.15) is 16.4 Å². The van der Waals surface area contributed by atoms with Crippen LogP contribution in [0.3, 0.4) is 0 Å². The number of halogens is 2. The van der Waals surface area contributed by atoms with Crippen LogP contribution in [-0.2, 0) is 15.6 Å². The van der Waals surface area contributed by atoms with Crippen LogP contribution in [0, 0.1) is 0 Å². The number of furan rings is 1. The lowest BCUT2D eigenvalue weighted by atomic mass is 10.2. The second-order valence-electron chi connectivity index (χ2n) is 6.71. The van der Waals surface area contributed by atoms with Gasteiger partial charge in [0.2, 0.25) is 0 Å². The Hall–Kier alpha value is -1.54. The molecule has 1 atom stereocenters. The van der Waals surface area contributed by atoms with Gasteiger partial charge in [-0.15, -0.1) is 0 Å². The molecule has 1 aromatic carbocycles. The van der Waals surface area contributed by atoms with Crippen LogP contribution in [0.15, 0.2) is 39.6 Å². The molecule has 152 valence electrons. The molecule has 1 fully saturated rings. The SMILES string of the molecule is CCN1CCCC1CNC(=O)c1ccc(CS(=O)(=O)c2c(Cl)cccc2Cl)o1. The van der Waals surface area contributed by atoms with Crippen molar-refractivity contribution in [1.29, 1.82) is 0 Å². The summed E-state index contributed by atoms with van der Waals surface area (Å²) in [5.41, 5.74) is 0. The van der Waals surface area contributed by atoms with Gasteiger partial charge in [-0.25, -0.2) is 8.42 Å². The standard InChI is InChI=1S/C19H22Cl2N2O4S/c1-2-23-10-4-5-13(23)11-22-19(24)17-9-8-14(27-17)12-28(25,26)18-15(20)6-3-7-16(18)21/h3,6-9,13H,2,4-5,10-12H2,1H3,(H,22,24). The van der Waals surface area contributed by atoms with Crippen molar-refractivity contribution in [2.24, 2.45) is 0 Å². The third-order valence-corrected chi connectivity index (χ3v) is 7.43. The summed E-state index contributed by atoms with van der Waals surface area (Å²) in [7, 11) is -3.82. The molecule has 2 heterocycles. The molecule has 1 unspecified atom stereocenters. The molecule has 0 saturated carbocycles. The Morgan fingerprint density at radius 2 is 1.96 bits per heavy atom. The molecule has 1 aliphatic heterocycles. The van der Waals surface area contributed by atoms with Gasteiger partial charge in [0.15, 0.2) is 15.6 Å². The minimum Gasteiger partial charge on any atom is -0.455 e. The Balaban J connectivity index is 1.66. The molecular weight excluding hydrogens is 423 g/mol. The molecule has 0 radical (unpaired) electrons. The van der Waals surface area contributed by atoms with Crippen molar-refractivity contribution in [3.8, 4) is 0 Å². The first-order chi connectivity index (χ1) is 13.3. The summed E-state index contributed by atoms with van der Waals surface area (Å²) in [6.45, 7) is 4.64. The summed E-state index contributed by atoms with van der Waals surface area (Å²) in [6.07, 6.45) is 2.18. The number of carbonyl (C=O) groups excluding carboxylic acids is 1. The first-order valence-electron chi connectivity index (χ1n) is 9.09. The van der Waals surface area contributed by atoms with Gasteiger partial charge in [-0.05, 0) is 50.2 Å². The monoisotopic (exact) mass is 444 g/mol. The first-order valence-corrected chi connectivity index (χ1v) is 11.5. The average molecular weight is 445 g/mol. The molecule has 1 aromatic heterocycles. The number of benzene rings is 1. The number of nitrogens with zero attached hydrogens (tertiary/aromatic N) is 1. The van der Waals surface area contributed by atoms with Gasteiger partial charge in [-0.2, -0.15) is 0 Å². The maximum absolute atomic E-state index is 12.7. The Kier molecular flexibility index (Phi) is 6.70. The highest BCUT2D eigenvalue weighted by Crippen LogP contribution is 2.31. The zero-order valence-electron chi connectivity index (χ0n) is 15.5. The lowest BCUT2D eigenvalue weighted by Crippen LogP contribution is -2.39. The molecule has 1 aliphatic rings. The number of carbonyl (C=O) groups is 1. The number of hydrogen-bond acceptors (Lipinski definition) is 5. The zero-order valence-corrected chi connectivity index (χ0v) is 17.8. The highest BCUT2D eigenvalue weighted by atomic mass is 35.5. The molecule has 6 nitrogen and oxygen atoms in total. The van der Waals surface area contributed by atoms with E-state index in [0.717, 1.165) is 25.9 Å². The summed E-state index contributed by atoms with van der Waals surface area (Å²) in [6, 6.07) is 7.77. The zero-order chi connectivity index (χ0) is 20.3. The van der Waals surface area contributed by atoms with E-state index in [1.807, 2.05) is 0 Å². The molecule has 28 heavy (non-hydrogen) atoms. The van der Waals surface area contributed by atoms with E-state index < -0.39 is 15.6 Å². The molecule has 1 saturated heterocycles. The van der Waals surface area contributed by atoms with Crippen molar-refractivity contribution in [2.75, 3.05) is 19.6 Å². The molecule has 3 rings (SSSR count). The number of rotatable bonds is 7. The van der Waals surface area contributed by atoms with Crippen LogP contribution in [-0.4, -0.2) is 44.9 Å². The predicted molar refractivity (Wildman–Crippen MR) is 109 cm³/mol. The maximum atomic E-state index is 12.7. The summed E-state index contributed by atoms with van der Waals surface area (Å²) < 4.78 is 30.8. The molecule has 0 aliphatic carbocycles. The highest BCUT2D eigenvalue weighted by Gasteiger charge is 2.26. The third-order valence-electron chi connectivity index (χ3n) is 4.85. The first kappa shape index (κ1) is 21.2. The smallest absolute Gasteiger partial charge is 0.287 e. The fourth-order valence-corrected chi connectivity index (χ4v) is 5.96. The summed E-state index contributed by atoms with van der Waals surface area (Å²) >= 11 is 12.0. The molecule has 9 heteroatoms. The molecule has 0 bridgehead atoms. The normalized spacial score (nSPS) is 17.8. The van der Waals surface area contributed by atoms with Gasteiger partial charge in [0, 0.05) is 12.6 Å². The molecule has 1 N–H and O–H groups in total. The van der Waals surface area contributed by atoms with E-state index in [0.29, 0.717) is 12.6 Å². The van der Waals surface area contributed by atoms with Crippen molar-refractivity contribution in [1.82, 2.24) is 10.2 Å². The van der Waals surface area contributed by atoms with Gasteiger partial charge in [0.25, 0.3) is 5.91 Å². The Labute approximate surface area is 174 Å². The van der Waals surface area contributed by atoms with E-state index in [4.69, 9.17) is 27.6 Å². The van der Waals surface area contributed by atoms with Gasteiger partial charge in [-0.1, -0.05) is 36.2 Å².